The monoisotopic (exact) mass is 377 g/mol. The van der Waals surface area contributed by atoms with E-state index in [-0.39, 0.29) is 6.04 Å². The van der Waals surface area contributed by atoms with Gasteiger partial charge in [0.05, 0.1) is 11.2 Å². The summed E-state index contributed by atoms with van der Waals surface area (Å²) in [5, 5.41) is 9.78. The molecule has 2 fully saturated rings. The Morgan fingerprint density at radius 2 is 2.08 bits per heavy atom. The van der Waals surface area contributed by atoms with Crippen LogP contribution in [-0.2, 0) is 0 Å². The Balaban J connectivity index is 1.54. The Labute approximate surface area is 155 Å². The van der Waals surface area contributed by atoms with Crippen LogP contribution in [0.25, 0.3) is 0 Å². The molecule has 4 N–H and O–H groups in total. The second kappa shape index (κ2) is 6.59. The topological polar surface area (TPSA) is 107 Å². The fourth-order valence-electron chi connectivity index (χ4n) is 3.92. The molecule has 1 unspecified atom stereocenters. The van der Waals surface area contributed by atoms with Crippen LogP contribution in [0.3, 0.4) is 0 Å². The summed E-state index contributed by atoms with van der Waals surface area (Å²) in [4.78, 5) is 11.6. The van der Waals surface area contributed by atoms with E-state index in [1.807, 2.05) is 0 Å². The Bertz CT molecular complexity index is 770. The van der Waals surface area contributed by atoms with Gasteiger partial charge in [0, 0.05) is 29.2 Å². The maximum absolute atomic E-state index is 6.18. The van der Waals surface area contributed by atoms with Gasteiger partial charge in [-0.25, -0.2) is 9.97 Å². The highest BCUT2D eigenvalue weighted by molar-refractivity contribution is 7.99. The standard InChI is InChI=1S/C16H20ClN7S/c1-8-4-10-5-9(18)6-11(8)24(10)16-21-7-13(22-23-16)25-12-2-3-20-15(19)14(12)17/h2-3,7-11H,4-6,18H2,1H3,(H2,19,20)/t8-,9?,10-,11+/m0/s1. The zero-order valence-electron chi connectivity index (χ0n) is 13.8. The Morgan fingerprint density at radius 1 is 1.24 bits per heavy atom. The van der Waals surface area contributed by atoms with Gasteiger partial charge in [-0.15, -0.1) is 10.2 Å². The third-order valence-electron chi connectivity index (χ3n) is 5.03. The molecule has 4 rings (SSSR count). The van der Waals surface area contributed by atoms with E-state index in [0.717, 1.165) is 24.2 Å². The number of halogens is 1. The minimum Gasteiger partial charge on any atom is -0.382 e. The average molecular weight is 378 g/mol. The van der Waals surface area contributed by atoms with Crippen LogP contribution in [0.15, 0.2) is 28.4 Å². The van der Waals surface area contributed by atoms with Crippen molar-refractivity contribution in [2.45, 2.75) is 54.2 Å². The van der Waals surface area contributed by atoms with Crippen molar-refractivity contribution in [3.05, 3.63) is 23.5 Å². The predicted molar refractivity (Wildman–Crippen MR) is 98.7 cm³/mol. The number of nitrogen functional groups attached to an aromatic ring is 1. The molecule has 0 aliphatic carbocycles. The Morgan fingerprint density at radius 3 is 2.80 bits per heavy atom. The van der Waals surface area contributed by atoms with E-state index < -0.39 is 0 Å². The number of nitrogens with zero attached hydrogens (tertiary/aromatic N) is 5. The minimum atomic E-state index is 0.276. The number of hydrogen-bond donors (Lipinski definition) is 2. The lowest BCUT2D eigenvalue weighted by Crippen LogP contribution is -2.49. The maximum Gasteiger partial charge on any atom is 0.245 e. The second-order valence-electron chi connectivity index (χ2n) is 6.78. The first kappa shape index (κ1) is 16.8. The molecule has 0 amide bonds. The zero-order chi connectivity index (χ0) is 17.6. The highest BCUT2D eigenvalue weighted by Gasteiger charge is 2.45. The van der Waals surface area contributed by atoms with Gasteiger partial charge in [-0.05, 0) is 31.2 Å². The molecule has 0 aromatic carbocycles. The predicted octanol–water partition coefficient (Wildman–Crippen LogP) is 2.36. The summed E-state index contributed by atoms with van der Waals surface area (Å²) in [6.45, 7) is 2.28. The molecule has 2 aliphatic heterocycles. The third-order valence-corrected chi connectivity index (χ3v) is 6.49. The van der Waals surface area contributed by atoms with Crippen molar-refractivity contribution in [3.8, 4) is 0 Å². The van der Waals surface area contributed by atoms with Gasteiger partial charge < -0.3 is 16.4 Å². The number of rotatable bonds is 3. The van der Waals surface area contributed by atoms with Gasteiger partial charge in [-0.1, -0.05) is 30.3 Å². The summed E-state index contributed by atoms with van der Waals surface area (Å²) in [7, 11) is 0. The first-order chi connectivity index (χ1) is 12.0. The maximum atomic E-state index is 6.18. The highest BCUT2D eigenvalue weighted by Crippen LogP contribution is 2.41. The van der Waals surface area contributed by atoms with E-state index in [0.29, 0.717) is 39.8 Å². The highest BCUT2D eigenvalue weighted by atomic mass is 35.5. The smallest absolute Gasteiger partial charge is 0.245 e. The van der Waals surface area contributed by atoms with Gasteiger partial charge in [0.15, 0.2) is 0 Å². The van der Waals surface area contributed by atoms with Crippen LogP contribution in [0.4, 0.5) is 11.8 Å². The van der Waals surface area contributed by atoms with Crippen molar-refractivity contribution in [2.75, 3.05) is 10.6 Å². The summed E-state index contributed by atoms with van der Waals surface area (Å²) < 4.78 is 0. The van der Waals surface area contributed by atoms with Gasteiger partial charge in [-0.2, -0.15) is 0 Å². The summed E-state index contributed by atoms with van der Waals surface area (Å²) in [5.74, 6) is 1.60. The first-order valence-electron chi connectivity index (χ1n) is 8.34. The van der Waals surface area contributed by atoms with E-state index in [1.165, 1.54) is 11.8 Å². The lowest BCUT2D eigenvalue weighted by molar-refractivity contribution is 0.389. The summed E-state index contributed by atoms with van der Waals surface area (Å²) >= 11 is 7.55. The van der Waals surface area contributed by atoms with Gasteiger partial charge in [0.25, 0.3) is 0 Å². The van der Waals surface area contributed by atoms with Crippen molar-refractivity contribution < 1.29 is 0 Å². The van der Waals surface area contributed by atoms with Crippen molar-refractivity contribution in [1.29, 1.82) is 0 Å². The number of nitrogens with two attached hydrogens (primary N) is 2. The van der Waals surface area contributed by atoms with E-state index in [9.17, 15) is 0 Å². The summed E-state index contributed by atoms with van der Waals surface area (Å²) in [6.07, 6.45) is 6.48. The van der Waals surface area contributed by atoms with Crippen LogP contribution in [-0.4, -0.2) is 38.3 Å². The quantitative estimate of drug-likeness (QED) is 0.839. The summed E-state index contributed by atoms with van der Waals surface area (Å²) in [5.41, 5.74) is 11.9. The molecule has 2 bridgehead atoms. The Kier molecular flexibility index (Phi) is 4.43. The van der Waals surface area contributed by atoms with Crippen LogP contribution in [0.2, 0.25) is 5.02 Å². The van der Waals surface area contributed by atoms with E-state index in [4.69, 9.17) is 23.1 Å². The summed E-state index contributed by atoms with van der Waals surface area (Å²) in [6, 6.07) is 2.90. The molecule has 2 aromatic rings. The molecule has 2 saturated heterocycles. The normalized spacial score (nSPS) is 28.4. The van der Waals surface area contributed by atoms with Crippen molar-refractivity contribution in [3.63, 3.8) is 0 Å². The molecule has 25 heavy (non-hydrogen) atoms. The molecule has 7 nitrogen and oxygen atoms in total. The number of hydrogen-bond acceptors (Lipinski definition) is 8. The fraction of sp³-hybridized carbons (Fsp3) is 0.500. The third kappa shape index (κ3) is 3.14. The molecule has 2 aromatic heterocycles. The number of fused-ring (bicyclic) bond motifs is 2. The molecule has 4 heterocycles. The molecular formula is C16H20ClN7S. The van der Waals surface area contributed by atoms with Crippen molar-refractivity contribution >= 4 is 35.1 Å². The van der Waals surface area contributed by atoms with Crippen molar-refractivity contribution in [2.24, 2.45) is 11.7 Å². The van der Waals surface area contributed by atoms with E-state index >= 15 is 0 Å². The minimum absolute atomic E-state index is 0.276. The lowest BCUT2D eigenvalue weighted by atomic mass is 9.96. The van der Waals surface area contributed by atoms with Gasteiger partial charge in [0.2, 0.25) is 5.95 Å². The average Bonchev–Trinajstić information content (AvgIpc) is 2.79. The van der Waals surface area contributed by atoms with Crippen LogP contribution < -0.4 is 16.4 Å². The molecular weight excluding hydrogens is 358 g/mol. The fourth-order valence-corrected chi connectivity index (χ4v) is 4.89. The SMILES string of the molecule is C[C@H]1C[C@H]2CC(N)C[C@H]1N2c1ncc(Sc2ccnc(N)c2Cl)nn1. The molecule has 2 aliphatic rings. The zero-order valence-corrected chi connectivity index (χ0v) is 15.4. The van der Waals surface area contributed by atoms with Crippen molar-refractivity contribution in [1.82, 2.24) is 20.2 Å². The van der Waals surface area contributed by atoms with E-state index in [2.05, 4.69) is 32.0 Å². The molecule has 132 valence electrons. The van der Waals surface area contributed by atoms with Crippen LogP contribution in [0.5, 0.6) is 0 Å². The molecule has 0 spiro atoms. The molecule has 0 radical (unpaired) electrons. The van der Waals surface area contributed by atoms with E-state index in [1.54, 1.807) is 18.5 Å². The lowest BCUT2D eigenvalue weighted by Gasteiger charge is -2.38. The number of pyridine rings is 1. The van der Waals surface area contributed by atoms with Gasteiger partial charge >= 0.3 is 0 Å². The van der Waals surface area contributed by atoms with Gasteiger partial charge in [-0.3, -0.25) is 0 Å². The largest absolute Gasteiger partial charge is 0.382 e. The first-order valence-corrected chi connectivity index (χ1v) is 9.54. The van der Waals surface area contributed by atoms with Crippen LogP contribution >= 0.6 is 23.4 Å². The second-order valence-corrected chi connectivity index (χ2v) is 8.22. The number of piperidine rings is 1. The number of anilines is 2. The molecule has 4 atom stereocenters. The molecule has 0 saturated carbocycles. The van der Waals surface area contributed by atoms with Gasteiger partial charge in [0.1, 0.15) is 10.8 Å². The van der Waals surface area contributed by atoms with Crippen LogP contribution in [0.1, 0.15) is 26.2 Å². The Hall–Kier alpha value is -1.64. The van der Waals surface area contributed by atoms with Crippen LogP contribution in [0, 0.1) is 5.92 Å². The molecule has 9 heteroatoms. The number of aromatic nitrogens is 4.